The fourth-order valence-corrected chi connectivity index (χ4v) is 2.40. The Balaban J connectivity index is 2.46. The van der Waals surface area contributed by atoms with E-state index in [9.17, 15) is 0 Å². The van der Waals surface area contributed by atoms with Crippen LogP contribution in [0.5, 0.6) is 0 Å². The van der Waals surface area contributed by atoms with Gasteiger partial charge in [-0.3, -0.25) is 0 Å². The Morgan fingerprint density at radius 1 is 1.06 bits per heavy atom. The van der Waals surface area contributed by atoms with E-state index in [4.69, 9.17) is 9.15 Å². The maximum absolute atomic E-state index is 5.66. The Bertz CT molecular complexity index is 707. The van der Waals surface area contributed by atoms with Crippen LogP contribution in [0.25, 0.3) is 21.7 Å². The highest BCUT2D eigenvalue weighted by molar-refractivity contribution is 6.06. The summed E-state index contributed by atoms with van der Waals surface area (Å²) in [5.74, 6) is 0. The van der Waals surface area contributed by atoms with Crippen LogP contribution in [-0.4, -0.2) is 7.11 Å². The molecule has 0 N–H and O–H groups in total. The molecule has 0 saturated carbocycles. The van der Waals surface area contributed by atoms with Crippen molar-refractivity contribution < 1.29 is 9.15 Å². The molecule has 18 heavy (non-hydrogen) atoms. The first-order valence-corrected chi connectivity index (χ1v) is 6.08. The zero-order valence-corrected chi connectivity index (χ0v) is 10.9. The summed E-state index contributed by atoms with van der Waals surface area (Å²) in [4.78, 5) is 0. The third kappa shape index (κ3) is 1.53. The van der Waals surface area contributed by atoms with Gasteiger partial charge in [0.1, 0.15) is 5.58 Å². The van der Waals surface area contributed by atoms with Crippen LogP contribution in [0.1, 0.15) is 19.4 Å². The molecule has 0 unspecified atom stereocenters. The highest BCUT2D eigenvalue weighted by Crippen LogP contribution is 2.36. The second-order valence-corrected chi connectivity index (χ2v) is 5.02. The average Bonchev–Trinajstić information content (AvgIpc) is 2.87. The van der Waals surface area contributed by atoms with E-state index in [1.165, 1.54) is 5.39 Å². The Hall–Kier alpha value is -1.80. The molecule has 2 aromatic carbocycles. The third-order valence-electron chi connectivity index (χ3n) is 3.62. The van der Waals surface area contributed by atoms with Crippen LogP contribution in [0, 0.1) is 0 Å². The summed E-state index contributed by atoms with van der Waals surface area (Å²) in [5.41, 5.74) is 1.77. The second kappa shape index (κ2) is 3.85. The first kappa shape index (κ1) is 11.3. The maximum Gasteiger partial charge on any atom is 0.142 e. The molecule has 3 aromatic rings. The van der Waals surface area contributed by atoms with E-state index in [0.717, 1.165) is 21.9 Å². The van der Waals surface area contributed by atoms with Crippen molar-refractivity contribution in [3.05, 3.63) is 48.2 Å². The highest BCUT2D eigenvalue weighted by Gasteiger charge is 2.24. The normalized spacial score (nSPS) is 12.4. The lowest BCUT2D eigenvalue weighted by Crippen LogP contribution is -2.19. The van der Waals surface area contributed by atoms with Gasteiger partial charge in [0, 0.05) is 17.9 Å². The molecule has 0 fully saturated rings. The molecule has 92 valence electrons. The molecule has 0 spiro atoms. The molecule has 0 aliphatic heterocycles. The van der Waals surface area contributed by atoms with E-state index in [2.05, 4.69) is 32.0 Å². The Labute approximate surface area is 106 Å². The minimum absolute atomic E-state index is 0.327. The summed E-state index contributed by atoms with van der Waals surface area (Å²) in [6.45, 7) is 4.15. The topological polar surface area (TPSA) is 22.4 Å². The average molecular weight is 240 g/mol. The van der Waals surface area contributed by atoms with E-state index in [1.807, 2.05) is 18.2 Å². The van der Waals surface area contributed by atoms with Crippen molar-refractivity contribution in [1.29, 1.82) is 0 Å². The summed E-state index contributed by atoms with van der Waals surface area (Å²) in [7, 11) is 1.74. The van der Waals surface area contributed by atoms with Gasteiger partial charge in [0.2, 0.25) is 0 Å². The molecule has 0 amide bonds. The first-order chi connectivity index (χ1) is 8.63. The fraction of sp³-hybridized carbons (Fsp3) is 0.250. The molecule has 2 nitrogen and oxygen atoms in total. The van der Waals surface area contributed by atoms with E-state index in [-0.39, 0.29) is 5.60 Å². The minimum atomic E-state index is -0.327. The predicted molar refractivity (Wildman–Crippen MR) is 73.8 cm³/mol. The van der Waals surface area contributed by atoms with Crippen LogP contribution in [0.4, 0.5) is 0 Å². The monoisotopic (exact) mass is 240 g/mol. The smallest absolute Gasteiger partial charge is 0.142 e. The predicted octanol–water partition coefficient (Wildman–Crippen LogP) is 4.47. The Morgan fingerprint density at radius 3 is 2.61 bits per heavy atom. The number of methoxy groups -OCH3 is 1. The van der Waals surface area contributed by atoms with Gasteiger partial charge in [0.15, 0.2) is 0 Å². The van der Waals surface area contributed by atoms with E-state index >= 15 is 0 Å². The largest absolute Gasteiger partial charge is 0.464 e. The molecular weight excluding hydrogens is 224 g/mol. The summed E-state index contributed by atoms with van der Waals surface area (Å²) in [6, 6.07) is 12.5. The van der Waals surface area contributed by atoms with Gasteiger partial charge in [-0.15, -0.1) is 0 Å². The Morgan fingerprint density at radius 2 is 1.83 bits per heavy atom. The number of hydrogen-bond acceptors (Lipinski definition) is 2. The zero-order valence-electron chi connectivity index (χ0n) is 10.9. The van der Waals surface area contributed by atoms with Gasteiger partial charge in [-0.05, 0) is 36.9 Å². The van der Waals surface area contributed by atoms with Crippen molar-refractivity contribution in [2.24, 2.45) is 0 Å². The summed E-state index contributed by atoms with van der Waals surface area (Å²) >= 11 is 0. The number of furan rings is 1. The first-order valence-electron chi connectivity index (χ1n) is 6.08. The number of ether oxygens (including phenoxy) is 1. The van der Waals surface area contributed by atoms with Gasteiger partial charge >= 0.3 is 0 Å². The van der Waals surface area contributed by atoms with Crippen LogP contribution < -0.4 is 0 Å². The molecule has 1 aromatic heterocycles. The van der Waals surface area contributed by atoms with Crippen LogP contribution in [0.2, 0.25) is 0 Å². The van der Waals surface area contributed by atoms with Crippen LogP contribution in [-0.2, 0) is 10.3 Å². The minimum Gasteiger partial charge on any atom is -0.464 e. The van der Waals surface area contributed by atoms with E-state index in [1.54, 1.807) is 13.4 Å². The van der Waals surface area contributed by atoms with E-state index in [0.29, 0.717) is 0 Å². The number of hydrogen-bond donors (Lipinski definition) is 0. The van der Waals surface area contributed by atoms with Crippen molar-refractivity contribution in [2.75, 3.05) is 7.11 Å². The lowest BCUT2D eigenvalue weighted by Gasteiger charge is -2.24. The van der Waals surface area contributed by atoms with Crippen LogP contribution in [0.15, 0.2) is 47.1 Å². The molecule has 0 saturated heterocycles. The molecule has 2 heteroatoms. The van der Waals surface area contributed by atoms with Gasteiger partial charge in [-0.25, -0.2) is 0 Å². The third-order valence-corrected chi connectivity index (χ3v) is 3.62. The molecule has 0 aliphatic rings. The molecule has 3 rings (SSSR count). The van der Waals surface area contributed by atoms with Crippen molar-refractivity contribution in [2.45, 2.75) is 19.4 Å². The van der Waals surface area contributed by atoms with Crippen molar-refractivity contribution >= 4 is 21.7 Å². The van der Waals surface area contributed by atoms with Crippen LogP contribution >= 0.6 is 0 Å². The lowest BCUT2D eigenvalue weighted by molar-refractivity contribution is 0.0206. The summed E-state index contributed by atoms with van der Waals surface area (Å²) in [5, 5.41) is 3.45. The molecule has 0 bridgehead atoms. The fourth-order valence-electron chi connectivity index (χ4n) is 2.40. The molecular formula is C16H16O2. The van der Waals surface area contributed by atoms with Crippen molar-refractivity contribution in [3.63, 3.8) is 0 Å². The van der Waals surface area contributed by atoms with Crippen molar-refractivity contribution in [1.82, 2.24) is 0 Å². The summed E-state index contributed by atoms with van der Waals surface area (Å²) in [6.07, 6.45) is 1.74. The standard InChI is InChI=1S/C16H16O2/c1-16(2,17-3)14-10-11-6-4-5-7-12(11)15-13(14)8-9-18-15/h4-10H,1-3H3. The van der Waals surface area contributed by atoms with Gasteiger partial charge in [-0.1, -0.05) is 24.3 Å². The number of benzene rings is 2. The number of rotatable bonds is 2. The molecule has 0 aliphatic carbocycles. The van der Waals surface area contributed by atoms with E-state index < -0.39 is 0 Å². The van der Waals surface area contributed by atoms with Gasteiger partial charge in [-0.2, -0.15) is 0 Å². The SMILES string of the molecule is COC(C)(C)c1cc2ccccc2c2occc12. The van der Waals surface area contributed by atoms with Crippen molar-refractivity contribution in [3.8, 4) is 0 Å². The Kier molecular flexibility index (Phi) is 2.42. The molecule has 0 radical (unpaired) electrons. The molecule has 0 atom stereocenters. The molecule has 1 heterocycles. The lowest BCUT2D eigenvalue weighted by atomic mass is 9.92. The summed E-state index contributed by atoms with van der Waals surface area (Å²) < 4.78 is 11.3. The van der Waals surface area contributed by atoms with Gasteiger partial charge in [0.05, 0.1) is 11.9 Å². The zero-order chi connectivity index (χ0) is 12.8. The highest BCUT2D eigenvalue weighted by atomic mass is 16.5. The van der Waals surface area contributed by atoms with Crippen LogP contribution in [0.3, 0.4) is 0 Å². The maximum atomic E-state index is 5.66. The van der Waals surface area contributed by atoms with Gasteiger partial charge in [0.25, 0.3) is 0 Å². The second-order valence-electron chi connectivity index (χ2n) is 5.02. The number of fused-ring (bicyclic) bond motifs is 3. The quantitative estimate of drug-likeness (QED) is 0.659. The van der Waals surface area contributed by atoms with Gasteiger partial charge < -0.3 is 9.15 Å².